The molecule has 2 saturated heterocycles. The van der Waals surface area contributed by atoms with Gasteiger partial charge in [-0.25, -0.2) is 4.79 Å². The first-order chi connectivity index (χ1) is 14.0. The minimum Gasteiger partial charge on any atom is -0.475 e. The van der Waals surface area contributed by atoms with E-state index in [1.165, 1.54) is 0 Å². The van der Waals surface area contributed by atoms with Crippen molar-refractivity contribution < 1.29 is 32.7 Å². The first-order valence-electron chi connectivity index (χ1n) is 9.44. The summed E-state index contributed by atoms with van der Waals surface area (Å²) in [6.45, 7) is 1.96. The molecule has 2 fully saturated rings. The van der Waals surface area contributed by atoms with Crippen LogP contribution in [0.1, 0.15) is 25.0 Å². The third kappa shape index (κ3) is 6.15. The van der Waals surface area contributed by atoms with E-state index in [4.69, 9.17) is 9.90 Å². The van der Waals surface area contributed by atoms with Gasteiger partial charge in [0, 0.05) is 51.9 Å². The van der Waals surface area contributed by atoms with Crippen molar-refractivity contribution in [3.63, 3.8) is 0 Å². The molecule has 0 aromatic carbocycles. The van der Waals surface area contributed by atoms with Gasteiger partial charge in [-0.3, -0.25) is 19.5 Å². The standard InChI is InChI=1S/C17H24N4O2.C2HF3O2/c1-19(2)17(23)12-21-15-8-10-20(14(15)6-7-16(21)22)11-13-5-3-4-9-18-13;3-2(4,5)1(6)7/h3-5,9,14-15H,6-8,10-12H2,1-2H3;(H,6,7)/t14-,15-;/m1./s1. The maximum absolute atomic E-state index is 12.3. The fourth-order valence-corrected chi connectivity index (χ4v) is 3.63. The second-order valence-corrected chi connectivity index (χ2v) is 7.37. The summed E-state index contributed by atoms with van der Waals surface area (Å²) in [6, 6.07) is 6.45. The quantitative estimate of drug-likeness (QED) is 0.776. The summed E-state index contributed by atoms with van der Waals surface area (Å²) in [4.78, 5) is 43.4. The minimum absolute atomic E-state index is 0.0119. The van der Waals surface area contributed by atoms with Gasteiger partial charge in [0.2, 0.25) is 11.8 Å². The van der Waals surface area contributed by atoms with Gasteiger partial charge in [0.1, 0.15) is 6.54 Å². The first kappa shape index (κ1) is 23.6. The Morgan fingerprint density at radius 1 is 1.23 bits per heavy atom. The summed E-state index contributed by atoms with van der Waals surface area (Å²) in [7, 11) is 3.46. The first-order valence-corrected chi connectivity index (χ1v) is 9.44. The molecule has 2 aliphatic rings. The van der Waals surface area contributed by atoms with Crippen molar-refractivity contribution >= 4 is 17.8 Å². The molecule has 3 heterocycles. The zero-order valence-corrected chi connectivity index (χ0v) is 16.8. The van der Waals surface area contributed by atoms with Crippen molar-refractivity contribution in [3.05, 3.63) is 30.1 Å². The molecule has 1 N–H and O–H groups in total. The van der Waals surface area contributed by atoms with Crippen molar-refractivity contribution in [1.29, 1.82) is 0 Å². The zero-order chi connectivity index (χ0) is 22.5. The van der Waals surface area contributed by atoms with Crippen molar-refractivity contribution in [2.75, 3.05) is 27.2 Å². The van der Waals surface area contributed by atoms with Crippen LogP contribution < -0.4 is 0 Å². The van der Waals surface area contributed by atoms with Crippen LogP contribution in [0.5, 0.6) is 0 Å². The van der Waals surface area contributed by atoms with Crippen LogP contribution in [0, 0.1) is 0 Å². The van der Waals surface area contributed by atoms with E-state index >= 15 is 0 Å². The molecule has 0 radical (unpaired) electrons. The van der Waals surface area contributed by atoms with E-state index in [2.05, 4.69) is 9.88 Å². The van der Waals surface area contributed by atoms with Gasteiger partial charge in [-0.2, -0.15) is 13.2 Å². The Kier molecular flexibility index (Phi) is 7.77. The molecule has 1 aromatic rings. The third-order valence-corrected chi connectivity index (χ3v) is 5.14. The van der Waals surface area contributed by atoms with Crippen LogP contribution in [0.15, 0.2) is 24.4 Å². The highest BCUT2D eigenvalue weighted by Gasteiger charge is 2.43. The number of aromatic nitrogens is 1. The summed E-state index contributed by atoms with van der Waals surface area (Å²) < 4.78 is 31.7. The number of carbonyl (C=O) groups excluding carboxylic acids is 2. The Labute approximate surface area is 172 Å². The van der Waals surface area contributed by atoms with E-state index in [0.717, 1.165) is 31.6 Å². The molecule has 0 saturated carbocycles. The second kappa shape index (κ2) is 9.88. The van der Waals surface area contributed by atoms with Crippen LogP contribution in [-0.2, 0) is 20.9 Å². The maximum atomic E-state index is 12.3. The summed E-state index contributed by atoms with van der Waals surface area (Å²) in [5, 5.41) is 7.12. The van der Waals surface area contributed by atoms with Crippen molar-refractivity contribution in [1.82, 2.24) is 19.7 Å². The lowest BCUT2D eigenvalue weighted by atomic mass is 9.96. The molecular weight excluding hydrogens is 405 g/mol. The molecule has 1 aromatic heterocycles. The number of hydrogen-bond acceptors (Lipinski definition) is 5. The third-order valence-electron chi connectivity index (χ3n) is 5.14. The van der Waals surface area contributed by atoms with Crippen LogP contribution in [0.2, 0.25) is 0 Å². The monoisotopic (exact) mass is 430 g/mol. The Balaban J connectivity index is 0.000000396. The van der Waals surface area contributed by atoms with Crippen LogP contribution in [0.25, 0.3) is 0 Å². The summed E-state index contributed by atoms with van der Waals surface area (Å²) >= 11 is 0. The van der Waals surface area contributed by atoms with E-state index < -0.39 is 12.1 Å². The number of alkyl halides is 3. The molecular formula is C19H25F3N4O4. The predicted molar refractivity (Wildman–Crippen MR) is 100 cm³/mol. The van der Waals surface area contributed by atoms with Gasteiger partial charge in [0.25, 0.3) is 0 Å². The number of nitrogens with zero attached hydrogens (tertiary/aromatic N) is 4. The fourth-order valence-electron chi connectivity index (χ4n) is 3.63. The molecule has 30 heavy (non-hydrogen) atoms. The molecule has 0 unspecified atom stereocenters. The second-order valence-electron chi connectivity index (χ2n) is 7.37. The molecule has 2 amide bonds. The number of hydrogen-bond donors (Lipinski definition) is 1. The smallest absolute Gasteiger partial charge is 0.475 e. The number of carbonyl (C=O) groups is 3. The van der Waals surface area contributed by atoms with Gasteiger partial charge >= 0.3 is 12.1 Å². The zero-order valence-electron chi connectivity index (χ0n) is 16.8. The normalized spacial score (nSPS) is 21.5. The lowest BCUT2D eigenvalue weighted by molar-refractivity contribution is -0.192. The highest BCUT2D eigenvalue weighted by atomic mass is 19.4. The van der Waals surface area contributed by atoms with Crippen molar-refractivity contribution in [2.24, 2.45) is 0 Å². The highest BCUT2D eigenvalue weighted by Crippen LogP contribution is 2.32. The Hall–Kier alpha value is -2.69. The lowest BCUT2D eigenvalue weighted by Gasteiger charge is -2.39. The van der Waals surface area contributed by atoms with E-state index in [1.807, 2.05) is 24.4 Å². The number of rotatable bonds is 4. The summed E-state index contributed by atoms with van der Waals surface area (Å²) in [6.07, 6.45) is -0.928. The molecule has 11 heteroatoms. The van der Waals surface area contributed by atoms with Gasteiger partial charge in [0.15, 0.2) is 0 Å². The number of halogens is 3. The van der Waals surface area contributed by atoms with Crippen LogP contribution in [0.3, 0.4) is 0 Å². The van der Waals surface area contributed by atoms with Gasteiger partial charge in [0.05, 0.1) is 5.69 Å². The van der Waals surface area contributed by atoms with Crippen LogP contribution in [0.4, 0.5) is 13.2 Å². The number of carboxylic acids is 1. The lowest BCUT2D eigenvalue weighted by Crippen LogP contribution is -2.54. The number of likely N-dealkylation sites (tertiary alicyclic amines) is 2. The minimum atomic E-state index is -5.08. The molecule has 0 spiro atoms. The SMILES string of the molecule is CN(C)C(=O)CN1C(=O)CC[C@@H]2[C@H]1CCN2Cc1ccccn1.O=C(O)C(F)(F)F. The Bertz CT molecular complexity index is 758. The maximum Gasteiger partial charge on any atom is 0.490 e. The number of likely N-dealkylation sites (N-methyl/N-ethyl adjacent to an activating group) is 1. The number of carboxylic acid groups (broad SMARTS) is 1. The molecule has 2 atom stereocenters. The molecule has 166 valence electrons. The highest BCUT2D eigenvalue weighted by molar-refractivity contribution is 5.85. The number of amides is 2. The van der Waals surface area contributed by atoms with E-state index in [1.54, 1.807) is 23.9 Å². The molecule has 8 nitrogen and oxygen atoms in total. The van der Waals surface area contributed by atoms with Crippen LogP contribution >= 0.6 is 0 Å². The van der Waals surface area contributed by atoms with E-state index in [9.17, 15) is 22.8 Å². The van der Waals surface area contributed by atoms with Crippen molar-refractivity contribution in [2.45, 2.75) is 44.1 Å². The topological polar surface area (TPSA) is 94.1 Å². The van der Waals surface area contributed by atoms with E-state index in [-0.39, 0.29) is 24.4 Å². The van der Waals surface area contributed by atoms with Gasteiger partial charge < -0.3 is 14.9 Å². The molecule has 2 aliphatic heterocycles. The fraction of sp³-hybridized carbons (Fsp3) is 0.579. The number of pyridine rings is 1. The largest absolute Gasteiger partial charge is 0.490 e. The molecule has 3 rings (SSSR count). The van der Waals surface area contributed by atoms with Gasteiger partial charge in [-0.1, -0.05) is 6.07 Å². The number of aliphatic carboxylic acids is 1. The summed E-state index contributed by atoms with van der Waals surface area (Å²) in [5.41, 5.74) is 1.06. The van der Waals surface area contributed by atoms with Crippen LogP contribution in [-0.4, -0.2) is 88.0 Å². The van der Waals surface area contributed by atoms with Gasteiger partial charge in [-0.05, 0) is 25.0 Å². The van der Waals surface area contributed by atoms with Crippen molar-refractivity contribution in [3.8, 4) is 0 Å². The Morgan fingerprint density at radius 3 is 2.43 bits per heavy atom. The number of fused-ring (bicyclic) bond motifs is 1. The van der Waals surface area contributed by atoms with E-state index in [0.29, 0.717) is 12.5 Å². The Morgan fingerprint density at radius 2 is 1.90 bits per heavy atom. The summed E-state index contributed by atoms with van der Waals surface area (Å²) in [5.74, 6) is -2.66. The van der Waals surface area contributed by atoms with Gasteiger partial charge in [-0.15, -0.1) is 0 Å². The molecule has 0 bridgehead atoms. The molecule has 0 aliphatic carbocycles. The number of piperidine rings is 1. The predicted octanol–water partition coefficient (Wildman–Crippen LogP) is 1.37. The average Bonchev–Trinajstić information content (AvgIpc) is 3.07. The average molecular weight is 430 g/mol.